The minimum absolute atomic E-state index is 0.00457. The van der Waals surface area contributed by atoms with Crippen LogP contribution in [0.3, 0.4) is 0 Å². The van der Waals surface area contributed by atoms with Gasteiger partial charge in [-0.25, -0.2) is 0 Å². The first-order valence-corrected chi connectivity index (χ1v) is 7.25. The second-order valence-electron chi connectivity index (χ2n) is 4.86. The van der Waals surface area contributed by atoms with Crippen molar-refractivity contribution in [1.82, 2.24) is 9.80 Å². The fraction of sp³-hybridized carbons (Fsp3) is 0.714. The van der Waals surface area contributed by atoms with Gasteiger partial charge in [0.25, 0.3) is 0 Å². The maximum atomic E-state index is 11.9. The van der Waals surface area contributed by atoms with Crippen molar-refractivity contribution in [3.05, 3.63) is 0 Å². The first-order chi connectivity index (χ1) is 9.99. The number of hydrogen-bond acceptors (Lipinski definition) is 5. The number of piperazine rings is 1. The predicted octanol–water partition coefficient (Wildman–Crippen LogP) is -0.0204. The molecule has 1 heterocycles. The molecular formula is C14H22N2O5. The van der Waals surface area contributed by atoms with E-state index in [1.807, 2.05) is 6.92 Å². The molecule has 7 heteroatoms. The van der Waals surface area contributed by atoms with Crippen LogP contribution in [0.1, 0.15) is 33.1 Å². The van der Waals surface area contributed by atoms with Crippen LogP contribution < -0.4 is 0 Å². The maximum absolute atomic E-state index is 11.9. The molecule has 1 rings (SSSR count). The number of carbonyl (C=O) groups excluding carboxylic acids is 4. The van der Waals surface area contributed by atoms with E-state index >= 15 is 0 Å². The zero-order valence-electron chi connectivity index (χ0n) is 12.6. The summed E-state index contributed by atoms with van der Waals surface area (Å²) in [7, 11) is 0. The average molecular weight is 298 g/mol. The lowest BCUT2D eigenvalue weighted by Crippen LogP contribution is -2.55. The zero-order chi connectivity index (χ0) is 15.8. The summed E-state index contributed by atoms with van der Waals surface area (Å²) in [4.78, 5) is 49.3. The highest BCUT2D eigenvalue weighted by atomic mass is 16.5. The molecule has 1 saturated heterocycles. The molecule has 1 aliphatic heterocycles. The fourth-order valence-electron chi connectivity index (χ4n) is 2.12. The van der Waals surface area contributed by atoms with Gasteiger partial charge < -0.3 is 14.5 Å². The lowest BCUT2D eigenvalue weighted by molar-refractivity contribution is -0.156. The first-order valence-electron chi connectivity index (χ1n) is 7.25. The normalized spacial score (nSPS) is 15.3. The predicted molar refractivity (Wildman–Crippen MR) is 74.3 cm³/mol. The molecule has 1 aliphatic rings. The Bertz CT molecular complexity index is 422. The molecule has 0 aromatic heterocycles. The van der Waals surface area contributed by atoms with Crippen LogP contribution in [0.2, 0.25) is 0 Å². The molecule has 0 bridgehead atoms. The third-order valence-electron chi connectivity index (χ3n) is 3.17. The van der Waals surface area contributed by atoms with Crippen molar-refractivity contribution in [2.75, 3.05) is 32.8 Å². The zero-order valence-corrected chi connectivity index (χ0v) is 12.6. The molecule has 21 heavy (non-hydrogen) atoms. The van der Waals surface area contributed by atoms with Crippen LogP contribution in [0, 0.1) is 0 Å². The van der Waals surface area contributed by atoms with Crippen LogP contribution in [0.25, 0.3) is 0 Å². The molecule has 7 nitrogen and oxygen atoms in total. The maximum Gasteiger partial charge on any atom is 0.312 e. The van der Waals surface area contributed by atoms with Gasteiger partial charge in [-0.1, -0.05) is 6.92 Å². The third kappa shape index (κ3) is 5.17. The summed E-state index contributed by atoms with van der Waals surface area (Å²) in [5, 5.41) is 0. The molecule has 0 aliphatic carbocycles. The molecule has 0 unspecified atom stereocenters. The second-order valence-corrected chi connectivity index (χ2v) is 4.86. The van der Waals surface area contributed by atoms with Gasteiger partial charge in [0.2, 0.25) is 0 Å². The van der Waals surface area contributed by atoms with E-state index in [0.29, 0.717) is 19.6 Å². The Balaban J connectivity index is 2.41. The Morgan fingerprint density at radius 2 is 1.67 bits per heavy atom. The number of nitrogens with zero attached hydrogens (tertiary/aromatic N) is 2. The van der Waals surface area contributed by atoms with Crippen LogP contribution in [-0.2, 0) is 23.9 Å². The quantitative estimate of drug-likeness (QED) is 0.464. The number of ketones is 1. The summed E-state index contributed by atoms with van der Waals surface area (Å²) < 4.78 is 4.73. The Labute approximate surface area is 124 Å². The van der Waals surface area contributed by atoms with E-state index in [-0.39, 0.29) is 31.8 Å². The lowest BCUT2D eigenvalue weighted by Gasteiger charge is -2.33. The molecule has 0 N–H and O–H groups in total. The molecule has 0 saturated carbocycles. The van der Waals surface area contributed by atoms with Gasteiger partial charge in [-0.15, -0.1) is 0 Å². The number of hydrogen-bond donors (Lipinski definition) is 0. The number of ether oxygens (including phenoxy) is 1. The van der Waals surface area contributed by atoms with Crippen LogP contribution in [0.15, 0.2) is 0 Å². The van der Waals surface area contributed by atoms with E-state index < -0.39 is 17.8 Å². The summed E-state index contributed by atoms with van der Waals surface area (Å²) in [5.74, 6) is -1.87. The fourth-order valence-corrected chi connectivity index (χ4v) is 2.12. The Hall–Kier alpha value is -1.92. The van der Waals surface area contributed by atoms with Crippen molar-refractivity contribution in [3.8, 4) is 0 Å². The molecule has 0 atom stereocenters. The van der Waals surface area contributed by atoms with E-state index in [2.05, 4.69) is 0 Å². The van der Waals surface area contributed by atoms with Crippen molar-refractivity contribution in [2.45, 2.75) is 33.1 Å². The minimum atomic E-state index is -0.640. The number of esters is 1. The van der Waals surface area contributed by atoms with E-state index in [0.717, 1.165) is 6.42 Å². The summed E-state index contributed by atoms with van der Waals surface area (Å²) in [6.07, 6.45) is 0.817. The van der Waals surface area contributed by atoms with Crippen LogP contribution >= 0.6 is 0 Å². The van der Waals surface area contributed by atoms with Gasteiger partial charge in [0, 0.05) is 26.1 Å². The third-order valence-corrected chi connectivity index (χ3v) is 3.17. The van der Waals surface area contributed by atoms with Crippen molar-refractivity contribution >= 4 is 23.6 Å². The average Bonchev–Trinajstić information content (AvgIpc) is 2.45. The van der Waals surface area contributed by atoms with Gasteiger partial charge >= 0.3 is 17.8 Å². The highest BCUT2D eigenvalue weighted by Gasteiger charge is 2.32. The minimum Gasteiger partial charge on any atom is -0.466 e. The molecule has 1 fully saturated rings. The van der Waals surface area contributed by atoms with Gasteiger partial charge in [-0.3, -0.25) is 19.2 Å². The van der Waals surface area contributed by atoms with Gasteiger partial charge in [-0.05, 0) is 13.3 Å². The summed E-state index contributed by atoms with van der Waals surface area (Å²) in [6, 6.07) is 0. The van der Waals surface area contributed by atoms with Gasteiger partial charge in [0.05, 0.1) is 19.6 Å². The molecule has 2 amide bonds. The Morgan fingerprint density at radius 3 is 2.29 bits per heavy atom. The van der Waals surface area contributed by atoms with Gasteiger partial charge in [-0.2, -0.15) is 0 Å². The smallest absolute Gasteiger partial charge is 0.312 e. The highest BCUT2D eigenvalue weighted by Crippen LogP contribution is 2.07. The molecule has 0 radical (unpaired) electrons. The highest BCUT2D eigenvalue weighted by molar-refractivity contribution is 6.35. The monoisotopic (exact) mass is 298 g/mol. The molecule has 0 aromatic carbocycles. The summed E-state index contributed by atoms with van der Waals surface area (Å²) >= 11 is 0. The number of Topliss-reactive ketones (excluding diaryl/α,β-unsaturated/α-hetero) is 1. The van der Waals surface area contributed by atoms with Gasteiger partial charge in [0.1, 0.15) is 0 Å². The van der Waals surface area contributed by atoms with Crippen LogP contribution in [-0.4, -0.2) is 66.2 Å². The van der Waals surface area contributed by atoms with Crippen molar-refractivity contribution in [3.63, 3.8) is 0 Å². The van der Waals surface area contributed by atoms with E-state index in [1.54, 1.807) is 6.92 Å². The number of rotatable bonds is 8. The van der Waals surface area contributed by atoms with Gasteiger partial charge in [0.15, 0.2) is 5.78 Å². The van der Waals surface area contributed by atoms with Crippen LogP contribution in [0.4, 0.5) is 0 Å². The lowest BCUT2D eigenvalue weighted by atomic mass is 10.2. The van der Waals surface area contributed by atoms with Crippen LogP contribution in [0.5, 0.6) is 0 Å². The largest absolute Gasteiger partial charge is 0.466 e. The topological polar surface area (TPSA) is 84.0 Å². The molecule has 0 aromatic rings. The SMILES string of the molecule is CCCN1CCN(CC(=O)CCC(=O)OCC)C(=O)C1=O. The molecular weight excluding hydrogens is 276 g/mol. The molecule has 0 spiro atoms. The van der Waals surface area contributed by atoms with Crippen molar-refractivity contribution in [2.24, 2.45) is 0 Å². The van der Waals surface area contributed by atoms with E-state index in [4.69, 9.17) is 4.74 Å². The molecule has 118 valence electrons. The van der Waals surface area contributed by atoms with E-state index in [1.165, 1.54) is 9.80 Å². The second kappa shape index (κ2) is 8.39. The summed E-state index contributed by atoms with van der Waals surface area (Å²) in [6.45, 7) is 5.14. The van der Waals surface area contributed by atoms with Crippen molar-refractivity contribution < 1.29 is 23.9 Å². The number of amides is 2. The first kappa shape index (κ1) is 17.1. The summed E-state index contributed by atoms with van der Waals surface area (Å²) in [5.41, 5.74) is 0. The van der Waals surface area contributed by atoms with Crippen molar-refractivity contribution in [1.29, 1.82) is 0 Å². The number of carbonyl (C=O) groups is 4. The Kier molecular flexibility index (Phi) is 6.84. The standard InChI is InChI=1S/C14H22N2O5/c1-3-7-15-8-9-16(14(20)13(15)19)10-11(17)5-6-12(18)21-4-2/h3-10H2,1-2H3. The van der Waals surface area contributed by atoms with E-state index in [9.17, 15) is 19.2 Å². The Morgan fingerprint density at radius 1 is 1.05 bits per heavy atom.